The van der Waals surface area contributed by atoms with Gasteiger partial charge in [0.15, 0.2) is 0 Å². The number of nitrogens with zero attached hydrogens (tertiary/aromatic N) is 2. The summed E-state index contributed by atoms with van der Waals surface area (Å²) in [6.45, 7) is 3.89. The van der Waals surface area contributed by atoms with Crippen LogP contribution in [0, 0.1) is 0 Å². The summed E-state index contributed by atoms with van der Waals surface area (Å²) in [6.07, 6.45) is 3.69. The number of amidine groups is 1. The molecule has 1 aromatic rings. The first-order chi connectivity index (χ1) is 8.19. The number of para-hydroxylation sites is 1. The predicted octanol–water partition coefficient (Wildman–Crippen LogP) is 2.42. The Bertz CT molecular complexity index is 459. The molecule has 1 unspecified atom stereocenters. The minimum absolute atomic E-state index is 0.832. The lowest BCUT2D eigenvalue weighted by Gasteiger charge is -2.34. The molecule has 3 heteroatoms. The van der Waals surface area contributed by atoms with Crippen LogP contribution in [0.4, 0.5) is 5.69 Å². The van der Waals surface area contributed by atoms with Gasteiger partial charge in [0.25, 0.3) is 0 Å². The SMILES string of the molecule is CC1(O)C(N2CCCCC2)=Nc2ccccc21. The summed E-state index contributed by atoms with van der Waals surface area (Å²) in [5, 5.41) is 10.7. The molecule has 2 heterocycles. The van der Waals surface area contributed by atoms with Gasteiger partial charge in [0, 0.05) is 18.7 Å². The van der Waals surface area contributed by atoms with Crippen LogP contribution in [0.3, 0.4) is 0 Å². The molecule has 1 fully saturated rings. The van der Waals surface area contributed by atoms with Crippen molar-refractivity contribution in [3.63, 3.8) is 0 Å². The smallest absolute Gasteiger partial charge is 0.146 e. The zero-order valence-corrected chi connectivity index (χ0v) is 10.2. The topological polar surface area (TPSA) is 35.8 Å². The van der Waals surface area contributed by atoms with E-state index in [-0.39, 0.29) is 0 Å². The van der Waals surface area contributed by atoms with Crippen molar-refractivity contribution in [2.45, 2.75) is 31.8 Å². The van der Waals surface area contributed by atoms with Crippen LogP contribution in [0.5, 0.6) is 0 Å². The van der Waals surface area contributed by atoms with E-state index in [2.05, 4.69) is 9.89 Å². The molecule has 0 amide bonds. The molecule has 0 saturated carbocycles. The summed E-state index contributed by atoms with van der Waals surface area (Å²) in [4.78, 5) is 6.86. The molecule has 1 N–H and O–H groups in total. The lowest BCUT2D eigenvalue weighted by atomic mass is 9.94. The molecule has 1 atom stereocenters. The highest BCUT2D eigenvalue weighted by Crippen LogP contribution is 2.39. The number of benzene rings is 1. The van der Waals surface area contributed by atoms with E-state index in [1.165, 1.54) is 19.3 Å². The average molecular weight is 230 g/mol. The van der Waals surface area contributed by atoms with Crippen LogP contribution in [0.2, 0.25) is 0 Å². The van der Waals surface area contributed by atoms with Gasteiger partial charge in [-0.2, -0.15) is 0 Å². The van der Waals surface area contributed by atoms with Gasteiger partial charge in [-0.1, -0.05) is 18.2 Å². The van der Waals surface area contributed by atoms with E-state index in [0.717, 1.165) is 30.2 Å². The van der Waals surface area contributed by atoms with Gasteiger partial charge in [0.1, 0.15) is 11.4 Å². The van der Waals surface area contributed by atoms with Crippen molar-refractivity contribution < 1.29 is 5.11 Å². The Labute approximate surface area is 102 Å². The minimum Gasteiger partial charge on any atom is -0.377 e. The number of fused-ring (bicyclic) bond motifs is 1. The van der Waals surface area contributed by atoms with Crippen LogP contribution >= 0.6 is 0 Å². The number of hydrogen-bond donors (Lipinski definition) is 1. The molecule has 1 saturated heterocycles. The first-order valence-corrected chi connectivity index (χ1v) is 6.35. The van der Waals surface area contributed by atoms with Gasteiger partial charge < -0.3 is 10.0 Å². The fourth-order valence-electron chi connectivity index (χ4n) is 2.81. The van der Waals surface area contributed by atoms with Crippen molar-refractivity contribution in [1.82, 2.24) is 4.90 Å². The molecule has 90 valence electrons. The second kappa shape index (κ2) is 3.84. The molecule has 0 spiro atoms. The van der Waals surface area contributed by atoms with Gasteiger partial charge in [0.05, 0.1) is 5.69 Å². The first-order valence-electron chi connectivity index (χ1n) is 6.35. The van der Waals surface area contributed by atoms with Crippen LogP contribution in [0.15, 0.2) is 29.3 Å². The molecular weight excluding hydrogens is 212 g/mol. The van der Waals surface area contributed by atoms with Gasteiger partial charge in [-0.3, -0.25) is 0 Å². The maximum atomic E-state index is 10.7. The predicted molar refractivity (Wildman–Crippen MR) is 68.5 cm³/mol. The van der Waals surface area contributed by atoms with Gasteiger partial charge in [-0.15, -0.1) is 0 Å². The van der Waals surface area contributed by atoms with Crippen LogP contribution in [-0.2, 0) is 5.60 Å². The molecule has 17 heavy (non-hydrogen) atoms. The monoisotopic (exact) mass is 230 g/mol. The van der Waals surface area contributed by atoms with E-state index < -0.39 is 5.60 Å². The molecule has 0 aliphatic carbocycles. The number of aliphatic hydroxyl groups is 1. The summed E-state index contributed by atoms with van der Waals surface area (Å²) in [5.41, 5.74) is 0.923. The number of rotatable bonds is 0. The van der Waals surface area contributed by atoms with E-state index in [9.17, 15) is 5.11 Å². The maximum absolute atomic E-state index is 10.7. The maximum Gasteiger partial charge on any atom is 0.146 e. The molecule has 0 bridgehead atoms. The Kier molecular flexibility index (Phi) is 2.44. The van der Waals surface area contributed by atoms with E-state index in [1.807, 2.05) is 31.2 Å². The van der Waals surface area contributed by atoms with Gasteiger partial charge >= 0.3 is 0 Å². The summed E-state index contributed by atoms with van der Waals surface area (Å²) < 4.78 is 0. The normalized spacial score (nSPS) is 27.9. The van der Waals surface area contributed by atoms with Crippen LogP contribution in [0.25, 0.3) is 0 Å². The molecule has 1 aromatic carbocycles. The summed E-state index contributed by atoms with van der Waals surface area (Å²) in [5.74, 6) is 0.832. The average Bonchev–Trinajstić information content (AvgIpc) is 2.63. The Balaban J connectivity index is 1.97. The van der Waals surface area contributed by atoms with E-state index in [1.54, 1.807) is 0 Å². The summed E-state index contributed by atoms with van der Waals surface area (Å²) >= 11 is 0. The number of hydrogen-bond acceptors (Lipinski definition) is 3. The third-order valence-corrected chi connectivity index (χ3v) is 3.75. The number of likely N-dealkylation sites (tertiary alicyclic amines) is 1. The summed E-state index contributed by atoms with van der Waals surface area (Å²) in [6, 6.07) is 7.87. The molecule has 2 aliphatic heterocycles. The Morgan fingerprint density at radius 2 is 1.88 bits per heavy atom. The number of piperidine rings is 1. The highest BCUT2D eigenvalue weighted by Gasteiger charge is 2.40. The second-order valence-electron chi connectivity index (χ2n) is 5.07. The zero-order chi connectivity index (χ0) is 11.9. The fourth-order valence-corrected chi connectivity index (χ4v) is 2.81. The Hall–Kier alpha value is -1.35. The van der Waals surface area contributed by atoms with E-state index in [0.29, 0.717) is 0 Å². The van der Waals surface area contributed by atoms with Crippen molar-refractivity contribution in [2.75, 3.05) is 13.1 Å². The first kappa shape index (κ1) is 10.8. The van der Waals surface area contributed by atoms with E-state index >= 15 is 0 Å². The van der Waals surface area contributed by atoms with Crippen LogP contribution < -0.4 is 0 Å². The third-order valence-electron chi connectivity index (χ3n) is 3.75. The standard InChI is InChI=1S/C14H18N2O/c1-14(17)11-7-3-4-8-12(11)15-13(14)16-9-5-2-6-10-16/h3-4,7-8,17H,2,5-6,9-10H2,1H3. The van der Waals surface area contributed by atoms with Crippen molar-refractivity contribution in [3.8, 4) is 0 Å². The van der Waals surface area contributed by atoms with Crippen molar-refractivity contribution in [3.05, 3.63) is 29.8 Å². The van der Waals surface area contributed by atoms with Gasteiger partial charge in [0.2, 0.25) is 0 Å². The Morgan fingerprint density at radius 1 is 1.18 bits per heavy atom. The van der Waals surface area contributed by atoms with Crippen LogP contribution in [0.1, 0.15) is 31.7 Å². The quantitative estimate of drug-likeness (QED) is 0.743. The van der Waals surface area contributed by atoms with Crippen molar-refractivity contribution in [1.29, 1.82) is 0 Å². The largest absolute Gasteiger partial charge is 0.377 e. The fraction of sp³-hybridized carbons (Fsp3) is 0.500. The second-order valence-corrected chi connectivity index (χ2v) is 5.07. The molecule has 3 rings (SSSR count). The number of aliphatic imine (C=N–C) groups is 1. The molecule has 2 aliphatic rings. The van der Waals surface area contributed by atoms with Crippen LogP contribution in [-0.4, -0.2) is 28.9 Å². The molecule has 0 aromatic heterocycles. The zero-order valence-electron chi connectivity index (χ0n) is 10.2. The Morgan fingerprint density at radius 3 is 2.59 bits per heavy atom. The van der Waals surface area contributed by atoms with Crippen molar-refractivity contribution in [2.24, 2.45) is 4.99 Å². The van der Waals surface area contributed by atoms with E-state index in [4.69, 9.17) is 0 Å². The molecular formula is C14H18N2O. The third kappa shape index (κ3) is 1.65. The summed E-state index contributed by atoms with van der Waals surface area (Å²) in [7, 11) is 0. The van der Waals surface area contributed by atoms with Crippen molar-refractivity contribution >= 4 is 11.5 Å². The van der Waals surface area contributed by atoms with Gasteiger partial charge in [-0.25, -0.2) is 4.99 Å². The molecule has 0 radical (unpaired) electrons. The lowest BCUT2D eigenvalue weighted by Crippen LogP contribution is -2.45. The highest BCUT2D eigenvalue weighted by molar-refractivity contribution is 5.98. The highest BCUT2D eigenvalue weighted by atomic mass is 16.3. The molecule has 3 nitrogen and oxygen atoms in total. The minimum atomic E-state index is -0.923. The lowest BCUT2D eigenvalue weighted by molar-refractivity contribution is 0.117. The van der Waals surface area contributed by atoms with Gasteiger partial charge in [-0.05, 0) is 32.3 Å².